The van der Waals surface area contributed by atoms with Crippen molar-refractivity contribution < 1.29 is 4.39 Å². The van der Waals surface area contributed by atoms with Gasteiger partial charge >= 0.3 is 0 Å². The van der Waals surface area contributed by atoms with Crippen molar-refractivity contribution >= 4 is 0 Å². The second kappa shape index (κ2) is 9.21. The number of benzene rings is 1. The highest BCUT2D eigenvalue weighted by Gasteiger charge is 1.95. The van der Waals surface area contributed by atoms with Crippen molar-refractivity contribution in [3.8, 4) is 0 Å². The summed E-state index contributed by atoms with van der Waals surface area (Å²) in [6.07, 6.45) is 11.9. The first-order valence-electron chi connectivity index (χ1n) is 7.07. The van der Waals surface area contributed by atoms with Gasteiger partial charge in [-0.2, -0.15) is 0 Å². The highest BCUT2D eigenvalue weighted by Crippen LogP contribution is 2.11. The fourth-order valence-corrected chi connectivity index (χ4v) is 2.11. The van der Waals surface area contributed by atoms with Crippen molar-refractivity contribution in [2.75, 3.05) is 0 Å². The third-order valence-electron chi connectivity index (χ3n) is 3.23. The first-order valence-corrected chi connectivity index (χ1v) is 7.07. The van der Waals surface area contributed by atoms with Crippen LogP contribution in [0.25, 0.3) is 0 Å². The van der Waals surface area contributed by atoms with Crippen LogP contribution < -0.4 is 0 Å². The van der Waals surface area contributed by atoms with Crippen LogP contribution in [0, 0.1) is 5.82 Å². The summed E-state index contributed by atoms with van der Waals surface area (Å²) in [4.78, 5) is 0. The number of halogens is 1. The number of unbranched alkanes of at least 4 members (excludes halogenated alkanes) is 7. The number of hydrogen-bond acceptors (Lipinski definition) is 0. The quantitative estimate of drug-likeness (QED) is 0.496. The Hall–Kier alpha value is -0.850. The van der Waals surface area contributed by atoms with E-state index in [-0.39, 0.29) is 5.82 Å². The molecular formula is C16H25F. The number of rotatable bonds is 9. The Morgan fingerprint density at radius 3 is 1.88 bits per heavy atom. The van der Waals surface area contributed by atoms with Crippen LogP contribution in [0.1, 0.15) is 63.9 Å². The summed E-state index contributed by atoms with van der Waals surface area (Å²) in [5, 5.41) is 0. The van der Waals surface area contributed by atoms with Crippen molar-refractivity contribution in [1.82, 2.24) is 0 Å². The van der Waals surface area contributed by atoms with E-state index in [1.165, 1.54) is 56.9 Å². The van der Waals surface area contributed by atoms with Crippen molar-refractivity contribution in [1.29, 1.82) is 0 Å². The first kappa shape index (κ1) is 14.2. The van der Waals surface area contributed by atoms with Crippen LogP contribution >= 0.6 is 0 Å². The second-order valence-corrected chi connectivity index (χ2v) is 4.85. The Labute approximate surface area is 105 Å². The van der Waals surface area contributed by atoms with E-state index in [0.717, 1.165) is 6.42 Å². The third kappa shape index (κ3) is 7.14. The van der Waals surface area contributed by atoms with Gasteiger partial charge in [0.25, 0.3) is 0 Å². The zero-order valence-corrected chi connectivity index (χ0v) is 11.1. The molecule has 1 aromatic carbocycles. The van der Waals surface area contributed by atoms with E-state index in [1.54, 1.807) is 12.1 Å². The summed E-state index contributed by atoms with van der Waals surface area (Å²) < 4.78 is 12.7. The molecule has 0 nitrogen and oxygen atoms in total. The predicted octanol–water partition coefficient (Wildman–Crippen LogP) is 5.51. The Balaban J connectivity index is 1.95. The molecule has 0 aromatic heterocycles. The molecule has 96 valence electrons. The van der Waals surface area contributed by atoms with Gasteiger partial charge in [-0.05, 0) is 30.5 Å². The van der Waals surface area contributed by atoms with Crippen LogP contribution in [0.4, 0.5) is 4.39 Å². The summed E-state index contributed by atoms with van der Waals surface area (Å²) >= 11 is 0. The third-order valence-corrected chi connectivity index (χ3v) is 3.23. The van der Waals surface area contributed by atoms with E-state index in [4.69, 9.17) is 0 Å². The average Bonchev–Trinajstić information content (AvgIpc) is 2.35. The topological polar surface area (TPSA) is 0 Å². The second-order valence-electron chi connectivity index (χ2n) is 4.85. The van der Waals surface area contributed by atoms with Crippen LogP contribution in [0.5, 0.6) is 0 Å². The summed E-state index contributed by atoms with van der Waals surface area (Å²) in [6.45, 7) is 2.25. The van der Waals surface area contributed by atoms with Gasteiger partial charge < -0.3 is 0 Å². The van der Waals surface area contributed by atoms with Gasteiger partial charge in [0.05, 0.1) is 0 Å². The fourth-order valence-electron chi connectivity index (χ4n) is 2.11. The van der Waals surface area contributed by atoms with Crippen LogP contribution in [-0.2, 0) is 6.42 Å². The van der Waals surface area contributed by atoms with Gasteiger partial charge in [-0.15, -0.1) is 0 Å². The van der Waals surface area contributed by atoms with Crippen LogP contribution in [-0.4, -0.2) is 0 Å². The van der Waals surface area contributed by atoms with Gasteiger partial charge in [0.1, 0.15) is 5.82 Å². The van der Waals surface area contributed by atoms with E-state index in [2.05, 4.69) is 6.92 Å². The number of hydrogen-bond donors (Lipinski definition) is 0. The van der Waals surface area contributed by atoms with Gasteiger partial charge in [-0.1, -0.05) is 64.0 Å². The minimum absolute atomic E-state index is 0.135. The molecule has 0 aliphatic carbocycles. The predicted molar refractivity (Wildman–Crippen MR) is 72.7 cm³/mol. The Morgan fingerprint density at radius 1 is 0.765 bits per heavy atom. The summed E-state index contributed by atoms with van der Waals surface area (Å²) in [6, 6.07) is 6.91. The lowest BCUT2D eigenvalue weighted by atomic mass is 10.0. The van der Waals surface area contributed by atoms with E-state index in [9.17, 15) is 4.39 Å². The molecule has 1 rings (SSSR count). The lowest BCUT2D eigenvalue weighted by molar-refractivity contribution is 0.575. The molecule has 0 amide bonds. The monoisotopic (exact) mass is 236 g/mol. The highest BCUT2D eigenvalue weighted by atomic mass is 19.1. The zero-order valence-electron chi connectivity index (χ0n) is 11.1. The molecule has 0 saturated heterocycles. The largest absolute Gasteiger partial charge is 0.207 e. The molecular weight excluding hydrogens is 211 g/mol. The fraction of sp³-hybridized carbons (Fsp3) is 0.625. The Morgan fingerprint density at radius 2 is 1.29 bits per heavy atom. The molecule has 17 heavy (non-hydrogen) atoms. The molecule has 0 saturated carbocycles. The molecule has 0 aliphatic rings. The maximum atomic E-state index is 12.7. The van der Waals surface area contributed by atoms with Crippen molar-refractivity contribution in [3.63, 3.8) is 0 Å². The van der Waals surface area contributed by atoms with Gasteiger partial charge in [-0.3, -0.25) is 0 Å². The molecule has 1 aromatic rings. The smallest absolute Gasteiger partial charge is 0.123 e. The van der Waals surface area contributed by atoms with Crippen LogP contribution in [0.2, 0.25) is 0 Å². The van der Waals surface area contributed by atoms with Gasteiger partial charge in [0.2, 0.25) is 0 Å². The normalized spacial score (nSPS) is 10.7. The molecule has 0 aliphatic heterocycles. The molecule has 1 heteroatoms. The van der Waals surface area contributed by atoms with E-state index >= 15 is 0 Å². The van der Waals surface area contributed by atoms with E-state index in [0.29, 0.717) is 0 Å². The molecule has 0 unspecified atom stereocenters. The molecule has 0 radical (unpaired) electrons. The minimum Gasteiger partial charge on any atom is -0.207 e. The first-order chi connectivity index (χ1) is 8.33. The maximum Gasteiger partial charge on any atom is 0.123 e. The SMILES string of the molecule is CCCCCCCCCCc1ccc(F)cc1. The van der Waals surface area contributed by atoms with Crippen LogP contribution in [0.3, 0.4) is 0 Å². The summed E-state index contributed by atoms with van der Waals surface area (Å²) in [7, 11) is 0. The van der Waals surface area contributed by atoms with Crippen LogP contribution in [0.15, 0.2) is 24.3 Å². The molecule has 0 bridgehead atoms. The van der Waals surface area contributed by atoms with Crippen molar-refractivity contribution in [2.45, 2.75) is 64.7 Å². The Bertz CT molecular complexity index is 276. The van der Waals surface area contributed by atoms with Gasteiger partial charge in [0.15, 0.2) is 0 Å². The Kier molecular flexibility index (Phi) is 7.70. The minimum atomic E-state index is -0.135. The van der Waals surface area contributed by atoms with Crippen molar-refractivity contribution in [3.05, 3.63) is 35.6 Å². The molecule has 0 fully saturated rings. The zero-order chi connectivity index (χ0) is 12.3. The molecule has 0 atom stereocenters. The molecule has 0 N–H and O–H groups in total. The van der Waals surface area contributed by atoms with Gasteiger partial charge in [0, 0.05) is 0 Å². The van der Waals surface area contributed by atoms with E-state index in [1.807, 2.05) is 12.1 Å². The maximum absolute atomic E-state index is 12.7. The highest BCUT2D eigenvalue weighted by molar-refractivity contribution is 5.15. The average molecular weight is 236 g/mol. The number of aryl methyl sites for hydroxylation is 1. The van der Waals surface area contributed by atoms with Gasteiger partial charge in [-0.25, -0.2) is 4.39 Å². The summed E-state index contributed by atoms with van der Waals surface area (Å²) in [5.41, 5.74) is 1.26. The molecule has 0 heterocycles. The lowest BCUT2D eigenvalue weighted by Crippen LogP contribution is -1.87. The van der Waals surface area contributed by atoms with Crippen molar-refractivity contribution in [2.24, 2.45) is 0 Å². The summed E-state index contributed by atoms with van der Waals surface area (Å²) in [5.74, 6) is -0.135. The lowest BCUT2D eigenvalue weighted by Gasteiger charge is -2.02. The molecule has 0 spiro atoms. The van der Waals surface area contributed by atoms with E-state index < -0.39 is 0 Å². The standard InChI is InChI=1S/C16H25F/c1-2-3-4-5-6-7-8-9-10-15-11-13-16(17)14-12-15/h11-14H,2-10H2,1H3.